The van der Waals surface area contributed by atoms with Crippen molar-refractivity contribution in [3.8, 4) is 0 Å². The summed E-state index contributed by atoms with van der Waals surface area (Å²) in [5.41, 5.74) is 1.81. The molecule has 0 bridgehead atoms. The topological polar surface area (TPSA) is 60.9 Å². The second-order valence-corrected chi connectivity index (χ2v) is 10.2. The van der Waals surface area contributed by atoms with Crippen LogP contribution in [0.5, 0.6) is 0 Å². The Morgan fingerprint density at radius 3 is 2.18 bits per heavy atom. The molecule has 1 aliphatic heterocycles. The molecule has 6 nitrogen and oxygen atoms in total. The molecule has 1 fully saturated rings. The fourth-order valence-electron chi connectivity index (χ4n) is 3.99. The van der Waals surface area contributed by atoms with Crippen molar-refractivity contribution in [2.75, 3.05) is 41.9 Å². The average Bonchev–Trinajstić information content (AvgIpc) is 2.88. The number of amides is 1. The molecule has 1 heterocycles. The Morgan fingerprint density at radius 1 is 0.941 bits per heavy atom. The van der Waals surface area contributed by atoms with Crippen LogP contribution in [0.15, 0.2) is 96.4 Å². The molecule has 0 N–H and O–H groups in total. The third kappa shape index (κ3) is 4.95. The lowest BCUT2D eigenvalue weighted by atomic mass is 10.1. The zero-order valence-electron chi connectivity index (χ0n) is 18.7. The fraction of sp³-hybridized carbons (Fsp3) is 0.192. The number of para-hydroxylation sites is 2. The highest BCUT2D eigenvalue weighted by Crippen LogP contribution is 2.28. The van der Waals surface area contributed by atoms with E-state index < -0.39 is 10.0 Å². The summed E-state index contributed by atoms with van der Waals surface area (Å²) in [6, 6.07) is 23.1. The second-order valence-electron chi connectivity index (χ2n) is 7.92. The summed E-state index contributed by atoms with van der Waals surface area (Å²) in [5, 5.41) is 0.226. The third-order valence-corrected chi connectivity index (χ3v) is 7.90. The van der Waals surface area contributed by atoms with Gasteiger partial charge >= 0.3 is 0 Å². The highest BCUT2D eigenvalue weighted by molar-refractivity contribution is 7.92. The summed E-state index contributed by atoms with van der Waals surface area (Å²) in [6.07, 6.45) is 1.53. The monoisotopic (exact) mass is 495 g/mol. The molecule has 1 amide bonds. The number of benzene rings is 3. The van der Waals surface area contributed by atoms with E-state index in [1.165, 1.54) is 28.6 Å². The number of anilines is 2. The molecule has 3 aromatic rings. The number of hydrogen-bond donors (Lipinski definition) is 0. The second kappa shape index (κ2) is 10.3. The lowest BCUT2D eigenvalue weighted by Crippen LogP contribution is -2.48. The van der Waals surface area contributed by atoms with Gasteiger partial charge in [-0.05, 0) is 42.5 Å². The Labute approximate surface area is 205 Å². The molecule has 0 atom stereocenters. The highest BCUT2D eigenvalue weighted by atomic mass is 35.5. The normalized spacial score (nSPS) is 14.0. The Balaban J connectivity index is 1.57. The Bertz CT molecular complexity index is 1260. The smallest absolute Gasteiger partial charge is 0.264 e. The Morgan fingerprint density at radius 2 is 1.56 bits per heavy atom. The molecule has 8 heteroatoms. The van der Waals surface area contributed by atoms with Crippen molar-refractivity contribution in [2.24, 2.45) is 0 Å². The van der Waals surface area contributed by atoms with Crippen LogP contribution in [0.4, 0.5) is 11.4 Å². The first-order chi connectivity index (χ1) is 16.4. The number of carbonyl (C=O) groups excluding carboxylic acids is 1. The summed E-state index contributed by atoms with van der Waals surface area (Å²) >= 11 is 6.36. The van der Waals surface area contributed by atoms with Crippen molar-refractivity contribution < 1.29 is 13.2 Å². The standard InChI is InChI=1S/C26H26ClN3O3S/c1-2-15-30(22-11-7-4-8-12-22)34(32,33)23-13-14-25(27)24(20-23)26(31)29-18-16-28(17-19-29)21-9-5-3-6-10-21/h2-14,20H,1,15-19H2. The lowest BCUT2D eigenvalue weighted by Gasteiger charge is -2.36. The molecule has 0 aliphatic carbocycles. The van der Waals surface area contributed by atoms with Crippen LogP contribution < -0.4 is 9.21 Å². The van der Waals surface area contributed by atoms with Crippen molar-refractivity contribution >= 4 is 38.9 Å². The van der Waals surface area contributed by atoms with Gasteiger partial charge in [-0.1, -0.05) is 54.1 Å². The van der Waals surface area contributed by atoms with E-state index in [1.807, 2.05) is 36.4 Å². The zero-order chi connectivity index (χ0) is 24.1. The van der Waals surface area contributed by atoms with Gasteiger partial charge in [-0.2, -0.15) is 0 Å². The van der Waals surface area contributed by atoms with Crippen molar-refractivity contribution in [2.45, 2.75) is 4.90 Å². The predicted octanol–water partition coefficient (Wildman–Crippen LogP) is 4.68. The molecule has 1 aliphatic rings. The van der Waals surface area contributed by atoms with Crippen molar-refractivity contribution in [3.05, 3.63) is 102 Å². The van der Waals surface area contributed by atoms with Gasteiger partial charge in [0.25, 0.3) is 15.9 Å². The van der Waals surface area contributed by atoms with Gasteiger partial charge in [-0.15, -0.1) is 6.58 Å². The summed E-state index contributed by atoms with van der Waals surface area (Å²) in [4.78, 5) is 17.3. The zero-order valence-corrected chi connectivity index (χ0v) is 20.3. The predicted molar refractivity (Wildman–Crippen MR) is 137 cm³/mol. The van der Waals surface area contributed by atoms with E-state index in [1.54, 1.807) is 29.2 Å². The number of rotatable bonds is 7. The van der Waals surface area contributed by atoms with E-state index in [0.717, 1.165) is 5.69 Å². The number of carbonyl (C=O) groups is 1. The quantitative estimate of drug-likeness (QED) is 0.446. The molecule has 4 rings (SSSR count). The van der Waals surface area contributed by atoms with E-state index in [9.17, 15) is 13.2 Å². The highest BCUT2D eigenvalue weighted by Gasteiger charge is 2.28. The number of halogens is 1. The van der Waals surface area contributed by atoms with Gasteiger partial charge in [0, 0.05) is 31.9 Å². The maximum Gasteiger partial charge on any atom is 0.264 e. The third-order valence-electron chi connectivity index (χ3n) is 5.78. The first-order valence-corrected chi connectivity index (χ1v) is 12.8. The molecule has 1 saturated heterocycles. The SMILES string of the molecule is C=CCN(c1ccccc1)S(=O)(=O)c1ccc(Cl)c(C(=O)N2CCN(c3ccccc3)CC2)c1. The van der Waals surface area contributed by atoms with E-state index in [0.29, 0.717) is 31.9 Å². The van der Waals surface area contributed by atoms with Crippen LogP contribution in [0.3, 0.4) is 0 Å². The van der Waals surface area contributed by atoms with Crippen molar-refractivity contribution in [1.29, 1.82) is 0 Å². The van der Waals surface area contributed by atoms with Crippen LogP contribution in [-0.4, -0.2) is 51.9 Å². The number of sulfonamides is 1. The van der Waals surface area contributed by atoms with Gasteiger partial charge in [-0.25, -0.2) is 8.42 Å². The van der Waals surface area contributed by atoms with E-state index in [4.69, 9.17) is 11.6 Å². The minimum Gasteiger partial charge on any atom is -0.368 e. The lowest BCUT2D eigenvalue weighted by molar-refractivity contribution is 0.0746. The minimum atomic E-state index is -3.94. The number of nitrogens with zero attached hydrogens (tertiary/aromatic N) is 3. The van der Waals surface area contributed by atoms with Gasteiger partial charge in [0.05, 0.1) is 27.7 Å². The van der Waals surface area contributed by atoms with Crippen LogP contribution in [-0.2, 0) is 10.0 Å². The van der Waals surface area contributed by atoms with Gasteiger partial charge < -0.3 is 9.80 Å². The summed E-state index contributed by atoms with van der Waals surface area (Å²) in [7, 11) is -3.94. The molecule has 0 saturated carbocycles. The van der Waals surface area contributed by atoms with Crippen molar-refractivity contribution in [1.82, 2.24) is 4.90 Å². The molecule has 0 aromatic heterocycles. The number of piperazine rings is 1. The van der Waals surface area contributed by atoms with E-state index in [2.05, 4.69) is 11.5 Å². The summed E-state index contributed by atoms with van der Waals surface area (Å²) < 4.78 is 28.2. The fourth-order valence-corrected chi connectivity index (χ4v) is 5.65. The molecule has 0 spiro atoms. The van der Waals surface area contributed by atoms with Gasteiger partial charge in [0.1, 0.15) is 0 Å². The van der Waals surface area contributed by atoms with Crippen LogP contribution in [0.2, 0.25) is 5.02 Å². The van der Waals surface area contributed by atoms with E-state index in [-0.39, 0.29) is 27.9 Å². The van der Waals surface area contributed by atoms with Crippen molar-refractivity contribution in [3.63, 3.8) is 0 Å². The number of hydrogen-bond acceptors (Lipinski definition) is 4. The largest absolute Gasteiger partial charge is 0.368 e. The van der Waals surface area contributed by atoms with Crippen LogP contribution in [0.1, 0.15) is 10.4 Å². The Hall–Kier alpha value is -3.29. The van der Waals surface area contributed by atoms with Gasteiger partial charge in [0.15, 0.2) is 0 Å². The average molecular weight is 496 g/mol. The van der Waals surface area contributed by atoms with Gasteiger partial charge in [-0.3, -0.25) is 9.10 Å². The first-order valence-electron chi connectivity index (χ1n) is 11.0. The molecule has 0 unspecified atom stereocenters. The Kier molecular flexibility index (Phi) is 7.24. The molecular formula is C26H26ClN3O3S. The molecular weight excluding hydrogens is 470 g/mol. The van der Waals surface area contributed by atoms with Gasteiger partial charge in [0.2, 0.25) is 0 Å². The summed E-state index contributed by atoms with van der Waals surface area (Å²) in [5.74, 6) is -0.273. The minimum absolute atomic E-state index is 0.00822. The van der Waals surface area contributed by atoms with Crippen LogP contribution in [0.25, 0.3) is 0 Å². The summed E-state index contributed by atoms with van der Waals surface area (Å²) in [6.45, 7) is 6.20. The first kappa shape index (κ1) is 23.9. The van der Waals surface area contributed by atoms with Crippen LogP contribution in [0, 0.1) is 0 Å². The molecule has 176 valence electrons. The molecule has 3 aromatic carbocycles. The maximum absolute atomic E-state index is 13.5. The maximum atomic E-state index is 13.5. The van der Waals surface area contributed by atoms with Crippen LogP contribution >= 0.6 is 11.6 Å². The molecule has 34 heavy (non-hydrogen) atoms. The van der Waals surface area contributed by atoms with E-state index >= 15 is 0 Å². The molecule has 0 radical (unpaired) electrons.